The SMILES string of the molecule is CC(C)c1cccc(OCC(=O)N[C@H]2CCCNC2)c1. The van der Waals surface area contributed by atoms with E-state index in [-0.39, 0.29) is 18.6 Å². The maximum absolute atomic E-state index is 11.8. The Hall–Kier alpha value is -1.55. The molecule has 0 radical (unpaired) electrons. The predicted octanol–water partition coefficient (Wildman–Crippen LogP) is 2.06. The van der Waals surface area contributed by atoms with Gasteiger partial charge >= 0.3 is 0 Å². The van der Waals surface area contributed by atoms with Crippen LogP contribution in [0.4, 0.5) is 0 Å². The van der Waals surface area contributed by atoms with Gasteiger partial charge in [-0.3, -0.25) is 4.79 Å². The molecule has 0 unspecified atom stereocenters. The lowest BCUT2D eigenvalue weighted by Crippen LogP contribution is -2.46. The van der Waals surface area contributed by atoms with Crippen molar-refractivity contribution in [2.45, 2.75) is 38.6 Å². The van der Waals surface area contributed by atoms with Crippen molar-refractivity contribution in [3.8, 4) is 5.75 Å². The molecule has 4 nitrogen and oxygen atoms in total. The summed E-state index contributed by atoms with van der Waals surface area (Å²) in [5, 5.41) is 6.28. The molecule has 0 bridgehead atoms. The van der Waals surface area contributed by atoms with Gasteiger partial charge < -0.3 is 15.4 Å². The number of carbonyl (C=O) groups is 1. The van der Waals surface area contributed by atoms with Gasteiger partial charge in [0, 0.05) is 12.6 Å². The van der Waals surface area contributed by atoms with Crippen molar-refractivity contribution in [2.75, 3.05) is 19.7 Å². The highest BCUT2D eigenvalue weighted by Crippen LogP contribution is 2.19. The van der Waals surface area contributed by atoms with Gasteiger partial charge in [-0.05, 0) is 43.0 Å². The smallest absolute Gasteiger partial charge is 0.258 e. The molecule has 0 aromatic heterocycles. The van der Waals surface area contributed by atoms with Crippen molar-refractivity contribution in [2.24, 2.45) is 0 Å². The first-order valence-corrected chi connectivity index (χ1v) is 7.38. The van der Waals surface area contributed by atoms with E-state index < -0.39 is 0 Å². The molecular weight excluding hydrogens is 252 g/mol. The normalized spacial score (nSPS) is 18.9. The lowest BCUT2D eigenvalue weighted by atomic mass is 10.0. The molecule has 1 atom stereocenters. The number of rotatable bonds is 5. The summed E-state index contributed by atoms with van der Waals surface area (Å²) in [4.78, 5) is 11.8. The highest BCUT2D eigenvalue weighted by molar-refractivity contribution is 5.77. The molecule has 4 heteroatoms. The number of ether oxygens (including phenoxy) is 1. The van der Waals surface area contributed by atoms with Gasteiger partial charge in [-0.25, -0.2) is 0 Å². The second-order valence-electron chi connectivity index (χ2n) is 5.63. The lowest BCUT2D eigenvalue weighted by molar-refractivity contribution is -0.123. The fourth-order valence-corrected chi connectivity index (χ4v) is 2.36. The number of nitrogens with one attached hydrogen (secondary N) is 2. The van der Waals surface area contributed by atoms with E-state index in [1.165, 1.54) is 5.56 Å². The van der Waals surface area contributed by atoms with E-state index in [0.717, 1.165) is 31.7 Å². The number of hydrogen-bond acceptors (Lipinski definition) is 3. The van der Waals surface area contributed by atoms with Crippen LogP contribution in [0.5, 0.6) is 5.75 Å². The second kappa shape index (κ2) is 7.29. The van der Waals surface area contributed by atoms with Crippen LogP contribution in [-0.4, -0.2) is 31.6 Å². The average molecular weight is 276 g/mol. The summed E-state index contributed by atoms with van der Waals surface area (Å²) in [6.07, 6.45) is 2.16. The summed E-state index contributed by atoms with van der Waals surface area (Å²) in [6.45, 7) is 6.27. The van der Waals surface area contributed by atoms with Gasteiger partial charge in [-0.15, -0.1) is 0 Å². The molecule has 2 rings (SSSR count). The third-order valence-electron chi connectivity index (χ3n) is 3.56. The minimum absolute atomic E-state index is 0.0475. The van der Waals surface area contributed by atoms with E-state index in [0.29, 0.717) is 5.92 Å². The second-order valence-corrected chi connectivity index (χ2v) is 5.63. The quantitative estimate of drug-likeness (QED) is 0.865. The van der Waals surface area contributed by atoms with Crippen LogP contribution in [0.15, 0.2) is 24.3 Å². The Morgan fingerprint density at radius 2 is 2.35 bits per heavy atom. The third-order valence-corrected chi connectivity index (χ3v) is 3.56. The van der Waals surface area contributed by atoms with Gasteiger partial charge in [-0.1, -0.05) is 26.0 Å². The molecule has 0 aliphatic carbocycles. The molecule has 1 aliphatic heterocycles. The summed E-state index contributed by atoms with van der Waals surface area (Å²) in [7, 11) is 0. The van der Waals surface area contributed by atoms with E-state index in [1.807, 2.05) is 18.2 Å². The number of benzene rings is 1. The maximum atomic E-state index is 11.8. The Balaban J connectivity index is 1.79. The van der Waals surface area contributed by atoms with Crippen LogP contribution in [0, 0.1) is 0 Å². The zero-order chi connectivity index (χ0) is 14.4. The standard InChI is InChI=1S/C16H24N2O2/c1-12(2)13-5-3-7-15(9-13)20-11-16(19)18-14-6-4-8-17-10-14/h3,5,7,9,12,14,17H,4,6,8,10-11H2,1-2H3,(H,18,19)/t14-/m0/s1. The molecular formula is C16H24N2O2. The van der Waals surface area contributed by atoms with Crippen LogP contribution in [0.2, 0.25) is 0 Å². The first kappa shape index (κ1) is 14.9. The first-order chi connectivity index (χ1) is 9.65. The Morgan fingerprint density at radius 1 is 1.50 bits per heavy atom. The molecule has 110 valence electrons. The van der Waals surface area contributed by atoms with Gasteiger partial charge in [0.2, 0.25) is 0 Å². The van der Waals surface area contributed by atoms with Crippen molar-refractivity contribution in [1.82, 2.24) is 10.6 Å². The summed E-state index contributed by atoms with van der Waals surface area (Å²) in [5.74, 6) is 1.17. The van der Waals surface area contributed by atoms with Crippen molar-refractivity contribution in [1.29, 1.82) is 0 Å². The number of hydrogen-bond donors (Lipinski definition) is 2. The van der Waals surface area contributed by atoms with E-state index in [4.69, 9.17) is 4.74 Å². The molecule has 1 aromatic rings. The first-order valence-electron chi connectivity index (χ1n) is 7.38. The fourth-order valence-electron chi connectivity index (χ4n) is 2.36. The monoisotopic (exact) mass is 276 g/mol. The highest BCUT2D eigenvalue weighted by Gasteiger charge is 2.15. The van der Waals surface area contributed by atoms with E-state index >= 15 is 0 Å². The van der Waals surface area contributed by atoms with Crippen LogP contribution in [0.3, 0.4) is 0 Å². The summed E-state index contributed by atoms with van der Waals surface area (Å²) in [5.41, 5.74) is 1.22. The largest absolute Gasteiger partial charge is 0.484 e. The molecule has 1 heterocycles. The number of carbonyl (C=O) groups excluding carboxylic acids is 1. The zero-order valence-corrected chi connectivity index (χ0v) is 12.3. The fraction of sp³-hybridized carbons (Fsp3) is 0.562. The highest BCUT2D eigenvalue weighted by atomic mass is 16.5. The van der Waals surface area contributed by atoms with Crippen molar-refractivity contribution in [3.05, 3.63) is 29.8 Å². The molecule has 0 spiro atoms. The molecule has 0 saturated carbocycles. The summed E-state index contributed by atoms with van der Waals surface area (Å²) >= 11 is 0. The number of amides is 1. The van der Waals surface area contributed by atoms with Crippen molar-refractivity contribution >= 4 is 5.91 Å². The molecule has 20 heavy (non-hydrogen) atoms. The number of piperidine rings is 1. The van der Waals surface area contributed by atoms with Crippen LogP contribution >= 0.6 is 0 Å². The summed E-state index contributed by atoms with van der Waals surface area (Å²) < 4.78 is 5.57. The van der Waals surface area contributed by atoms with Gasteiger partial charge in [0.05, 0.1) is 0 Å². The average Bonchev–Trinajstić information content (AvgIpc) is 2.46. The molecule has 1 amide bonds. The third kappa shape index (κ3) is 4.53. The molecule has 1 aliphatic rings. The van der Waals surface area contributed by atoms with Gasteiger partial charge in [0.15, 0.2) is 6.61 Å². The maximum Gasteiger partial charge on any atom is 0.258 e. The van der Waals surface area contributed by atoms with Gasteiger partial charge in [-0.2, -0.15) is 0 Å². The molecule has 2 N–H and O–H groups in total. The molecule has 1 aromatic carbocycles. The minimum Gasteiger partial charge on any atom is -0.484 e. The summed E-state index contributed by atoms with van der Waals surface area (Å²) in [6, 6.07) is 8.17. The minimum atomic E-state index is -0.0475. The van der Waals surface area contributed by atoms with E-state index in [9.17, 15) is 4.79 Å². The van der Waals surface area contributed by atoms with E-state index in [1.54, 1.807) is 0 Å². The lowest BCUT2D eigenvalue weighted by Gasteiger charge is -2.23. The Bertz CT molecular complexity index is 440. The molecule has 1 saturated heterocycles. The van der Waals surface area contributed by atoms with E-state index in [2.05, 4.69) is 30.5 Å². The topological polar surface area (TPSA) is 50.4 Å². The Labute approximate surface area is 120 Å². The molecule has 1 fully saturated rings. The Morgan fingerprint density at radius 3 is 3.05 bits per heavy atom. The van der Waals surface area contributed by atoms with Gasteiger partial charge in [0.25, 0.3) is 5.91 Å². The Kier molecular flexibility index (Phi) is 5.41. The van der Waals surface area contributed by atoms with Crippen molar-refractivity contribution in [3.63, 3.8) is 0 Å². The van der Waals surface area contributed by atoms with Crippen molar-refractivity contribution < 1.29 is 9.53 Å². The van der Waals surface area contributed by atoms with Crippen LogP contribution in [0.1, 0.15) is 38.2 Å². The van der Waals surface area contributed by atoms with Gasteiger partial charge in [0.1, 0.15) is 5.75 Å². The zero-order valence-electron chi connectivity index (χ0n) is 12.3. The van der Waals surface area contributed by atoms with Crippen LogP contribution in [0.25, 0.3) is 0 Å². The van der Waals surface area contributed by atoms with Crippen LogP contribution in [-0.2, 0) is 4.79 Å². The van der Waals surface area contributed by atoms with Crippen LogP contribution < -0.4 is 15.4 Å². The predicted molar refractivity (Wildman–Crippen MR) is 80.1 cm³/mol.